The van der Waals surface area contributed by atoms with Crippen LogP contribution < -0.4 is 9.58 Å². The molecule has 0 saturated heterocycles. The highest BCUT2D eigenvalue weighted by Gasteiger charge is 2.06. The first-order valence-corrected chi connectivity index (χ1v) is 8.65. The van der Waals surface area contributed by atoms with Crippen LogP contribution in [0.4, 0.5) is 5.69 Å². The first-order valence-electron chi connectivity index (χ1n) is 8.65. The van der Waals surface area contributed by atoms with Crippen LogP contribution in [0.25, 0.3) is 0 Å². The smallest absolute Gasteiger partial charge is 0.174 e. The summed E-state index contributed by atoms with van der Waals surface area (Å²) in [6.45, 7) is 3.09. The Morgan fingerprint density at radius 2 is 1.52 bits per heavy atom. The molecule has 3 aromatic rings. The van der Waals surface area contributed by atoms with Crippen LogP contribution in [0, 0.1) is 0 Å². The van der Waals surface area contributed by atoms with Gasteiger partial charge in [0.05, 0.1) is 11.9 Å². The monoisotopic (exact) mass is 330 g/mol. The van der Waals surface area contributed by atoms with Crippen LogP contribution in [0.2, 0.25) is 0 Å². The van der Waals surface area contributed by atoms with Crippen molar-refractivity contribution in [2.75, 3.05) is 12.1 Å². The summed E-state index contributed by atoms with van der Waals surface area (Å²) >= 11 is 0. The molecule has 1 heterocycles. The summed E-state index contributed by atoms with van der Waals surface area (Å²) in [5.41, 5.74) is 4.94. The van der Waals surface area contributed by atoms with E-state index in [0.29, 0.717) is 0 Å². The van der Waals surface area contributed by atoms with Gasteiger partial charge >= 0.3 is 0 Å². The predicted octanol–water partition coefficient (Wildman–Crippen LogP) is 4.06. The van der Waals surface area contributed by atoms with Crippen LogP contribution in [-0.2, 0) is 13.0 Å². The molecule has 3 nitrogen and oxygen atoms in total. The Balaban J connectivity index is 1.67. The van der Waals surface area contributed by atoms with Gasteiger partial charge in [-0.25, -0.2) is 4.57 Å². The average molecular weight is 330 g/mol. The lowest BCUT2D eigenvalue weighted by molar-refractivity contribution is -0.688. The Morgan fingerprint density at radius 1 is 0.880 bits per heavy atom. The summed E-state index contributed by atoms with van der Waals surface area (Å²) in [6.07, 6.45) is 7.16. The number of nitrogens with zero attached hydrogens (tertiary/aromatic N) is 3. The van der Waals surface area contributed by atoms with Crippen molar-refractivity contribution in [2.45, 2.75) is 19.9 Å². The highest BCUT2D eigenvalue weighted by atomic mass is 15.4. The molecule has 0 atom stereocenters. The quantitative estimate of drug-likeness (QED) is 0.379. The van der Waals surface area contributed by atoms with Crippen LogP contribution in [0.1, 0.15) is 23.6 Å². The van der Waals surface area contributed by atoms with Crippen molar-refractivity contribution in [2.24, 2.45) is 5.10 Å². The van der Waals surface area contributed by atoms with E-state index < -0.39 is 0 Å². The maximum atomic E-state index is 4.50. The SMILES string of the molecule is CCc1ccccc1C[n+]1ccc(/C=N/N(C)c2ccccc2)cc1. The zero-order valence-electron chi connectivity index (χ0n) is 14.8. The van der Waals surface area contributed by atoms with Crippen molar-refractivity contribution in [3.05, 3.63) is 95.8 Å². The number of aromatic nitrogens is 1. The summed E-state index contributed by atoms with van der Waals surface area (Å²) in [5, 5.41) is 6.38. The van der Waals surface area contributed by atoms with Crippen molar-refractivity contribution < 1.29 is 4.57 Å². The molecule has 0 unspecified atom stereocenters. The number of aryl methyl sites for hydroxylation is 1. The van der Waals surface area contributed by atoms with Gasteiger partial charge in [-0.3, -0.25) is 5.01 Å². The molecule has 126 valence electrons. The van der Waals surface area contributed by atoms with E-state index in [1.54, 1.807) is 0 Å². The van der Waals surface area contributed by atoms with Gasteiger partial charge in [-0.05, 0) is 24.1 Å². The number of hydrogen-bond acceptors (Lipinski definition) is 2. The second-order valence-corrected chi connectivity index (χ2v) is 6.03. The Hall–Kier alpha value is -2.94. The summed E-state index contributed by atoms with van der Waals surface area (Å²) in [4.78, 5) is 0. The lowest BCUT2D eigenvalue weighted by Crippen LogP contribution is -2.33. The number of hydrazone groups is 1. The largest absolute Gasteiger partial charge is 0.269 e. The lowest BCUT2D eigenvalue weighted by Gasteiger charge is -2.11. The molecule has 0 fully saturated rings. The number of pyridine rings is 1. The first kappa shape index (κ1) is 16.9. The van der Waals surface area contributed by atoms with E-state index in [1.807, 2.05) is 48.6 Å². The minimum Gasteiger partial charge on any atom is -0.269 e. The van der Waals surface area contributed by atoms with Crippen LogP contribution in [0.3, 0.4) is 0 Å². The van der Waals surface area contributed by atoms with Crippen LogP contribution >= 0.6 is 0 Å². The Labute approximate surface area is 149 Å². The summed E-state index contributed by atoms with van der Waals surface area (Å²) in [6, 6.07) is 22.9. The molecule has 2 aromatic carbocycles. The molecule has 3 heteroatoms. The topological polar surface area (TPSA) is 19.5 Å². The fourth-order valence-corrected chi connectivity index (χ4v) is 2.78. The van der Waals surface area contributed by atoms with E-state index in [-0.39, 0.29) is 0 Å². The van der Waals surface area contributed by atoms with Gasteiger partial charge in [0.25, 0.3) is 0 Å². The second kappa shape index (κ2) is 8.25. The standard InChI is InChI=1S/C22H24N3/c1-3-20-9-7-8-10-21(20)18-25-15-13-19(14-16-25)17-23-24(2)22-11-5-4-6-12-22/h4-17H,3,18H2,1-2H3/q+1. The van der Waals surface area contributed by atoms with Gasteiger partial charge in [0.1, 0.15) is 0 Å². The minimum atomic E-state index is 0.894. The molecule has 0 aliphatic carbocycles. The third-order valence-electron chi connectivity index (χ3n) is 4.28. The minimum absolute atomic E-state index is 0.894. The Bertz CT molecular complexity index is 823. The van der Waals surface area contributed by atoms with Gasteiger partial charge in [-0.15, -0.1) is 0 Å². The number of anilines is 1. The first-order chi connectivity index (χ1) is 12.3. The molecular weight excluding hydrogens is 306 g/mol. The molecule has 25 heavy (non-hydrogen) atoms. The molecule has 0 aliphatic rings. The van der Waals surface area contributed by atoms with Gasteiger partial charge < -0.3 is 0 Å². The second-order valence-electron chi connectivity index (χ2n) is 6.03. The molecule has 0 saturated carbocycles. The lowest BCUT2D eigenvalue weighted by atomic mass is 10.1. The molecule has 0 aliphatic heterocycles. The molecule has 0 bridgehead atoms. The summed E-state index contributed by atoms with van der Waals surface area (Å²) in [5.74, 6) is 0. The Morgan fingerprint density at radius 3 is 2.20 bits per heavy atom. The maximum Gasteiger partial charge on any atom is 0.174 e. The summed E-state index contributed by atoms with van der Waals surface area (Å²) < 4.78 is 2.20. The van der Waals surface area contributed by atoms with E-state index in [0.717, 1.165) is 24.2 Å². The van der Waals surface area contributed by atoms with Crippen molar-refractivity contribution in [3.63, 3.8) is 0 Å². The average Bonchev–Trinajstić information content (AvgIpc) is 2.68. The fraction of sp³-hybridized carbons (Fsp3) is 0.182. The molecular formula is C22H24N3+. The zero-order valence-corrected chi connectivity index (χ0v) is 14.8. The van der Waals surface area contributed by atoms with E-state index in [9.17, 15) is 0 Å². The van der Waals surface area contributed by atoms with Gasteiger partial charge in [0.2, 0.25) is 0 Å². The van der Waals surface area contributed by atoms with Crippen LogP contribution in [0.5, 0.6) is 0 Å². The van der Waals surface area contributed by atoms with Crippen molar-refractivity contribution in [1.82, 2.24) is 0 Å². The number of rotatable bonds is 6. The van der Waals surface area contributed by atoms with E-state index >= 15 is 0 Å². The van der Waals surface area contributed by atoms with Crippen molar-refractivity contribution in [1.29, 1.82) is 0 Å². The van der Waals surface area contributed by atoms with Gasteiger partial charge in [0, 0.05) is 30.3 Å². The van der Waals surface area contributed by atoms with Gasteiger partial charge in [0.15, 0.2) is 18.9 Å². The van der Waals surface area contributed by atoms with Gasteiger partial charge in [-0.1, -0.05) is 49.4 Å². The van der Waals surface area contributed by atoms with Gasteiger partial charge in [-0.2, -0.15) is 5.10 Å². The molecule has 0 spiro atoms. The third-order valence-corrected chi connectivity index (χ3v) is 4.28. The highest BCUT2D eigenvalue weighted by molar-refractivity contribution is 5.79. The van der Waals surface area contributed by atoms with E-state index in [1.165, 1.54) is 11.1 Å². The molecule has 1 aromatic heterocycles. The van der Waals surface area contributed by atoms with E-state index in [4.69, 9.17) is 0 Å². The van der Waals surface area contributed by atoms with Crippen molar-refractivity contribution in [3.8, 4) is 0 Å². The Kier molecular flexibility index (Phi) is 5.57. The zero-order chi connectivity index (χ0) is 17.5. The molecule has 0 radical (unpaired) electrons. The fourth-order valence-electron chi connectivity index (χ4n) is 2.78. The van der Waals surface area contributed by atoms with Crippen LogP contribution in [-0.4, -0.2) is 13.3 Å². The maximum absolute atomic E-state index is 4.50. The summed E-state index contributed by atoms with van der Waals surface area (Å²) in [7, 11) is 1.95. The number of hydrogen-bond donors (Lipinski definition) is 0. The predicted molar refractivity (Wildman–Crippen MR) is 104 cm³/mol. The normalized spacial score (nSPS) is 11.0. The molecule has 0 N–H and O–H groups in total. The molecule has 0 amide bonds. The molecule has 3 rings (SSSR count). The number of para-hydroxylation sites is 1. The highest BCUT2D eigenvalue weighted by Crippen LogP contribution is 2.11. The third kappa shape index (κ3) is 4.54. The van der Waals surface area contributed by atoms with E-state index in [2.05, 4.69) is 65.4 Å². The number of benzene rings is 2. The van der Waals surface area contributed by atoms with Crippen molar-refractivity contribution >= 4 is 11.9 Å². The van der Waals surface area contributed by atoms with Crippen LogP contribution in [0.15, 0.2) is 84.2 Å².